The molecular formula is C21H14F2N2O3S. The number of methoxy groups -OCH3 is 1. The standard InChI is InChI=1S/C21H14F2N2O3S/c1-28-14-5-2-4-12(10-14)24-19-18(17-6-3-9-29-17)20(26)25(21(19)27)13-7-8-15(22)16(23)11-13/h2-11,24H,1H3. The molecular weight excluding hydrogens is 398 g/mol. The van der Waals surface area contributed by atoms with Crippen LogP contribution in [0.15, 0.2) is 65.7 Å². The third kappa shape index (κ3) is 3.38. The van der Waals surface area contributed by atoms with Crippen molar-refractivity contribution >= 4 is 40.1 Å². The number of amides is 2. The van der Waals surface area contributed by atoms with Crippen LogP contribution in [-0.2, 0) is 9.59 Å². The van der Waals surface area contributed by atoms with Crippen molar-refractivity contribution in [3.05, 3.63) is 82.2 Å². The van der Waals surface area contributed by atoms with Crippen LogP contribution in [0.5, 0.6) is 5.75 Å². The van der Waals surface area contributed by atoms with E-state index in [-0.39, 0.29) is 17.0 Å². The predicted molar refractivity (Wildman–Crippen MR) is 107 cm³/mol. The van der Waals surface area contributed by atoms with Crippen molar-refractivity contribution in [2.24, 2.45) is 0 Å². The van der Waals surface area contributed by atoms with E-state index in [0.717, 1.165) is 17.0 Å². The molecule has 8 heteroatoms. The Morgan fingerprint density at radius 2 is 1.79 bits per heavy atom. The predicted octanol–water partition coefficient (Wildman–Crippen LogP) is 4.43. The van der Waals surface area contributed by atoms with Gasteiger partial charge in [-0.2, -0.15) is 0 Å². The molecule has 1 aliphatic rings. The second-order valence-electron chi connectivity index (χ2n) is 6.13. The summed E-state index contributed by atoms with van der Waals surface area (Å²) >= 11 is 1.29. The zero-order valence-corrected chi connectivity index (χ0v) is 15.9. The van der Waals surface area contributed by atoms with Crippen molar-refractivity contribution in [3.8, 4) is 5.75 Å². The first kappa shape index (κ1) is 18.8. The van der Waals surface area contributed by atoms with Gasteiger partial charge in [0.1, 0.15) is 11.4 Å². The molecule has 0 radical (unpaired) electrons. The topological polar surface area (TPSA) is 58.6 Å². The number of anilines is 2. The summed E-state index contributed by atoms with van der Waals surface area (Å²) < 4.78 is 32.2. The van der Waals surface area contributed by atoms with Gasteiger partial charge in [0.05, 0.1) is 18.4 Å². The maximum absolute atomic E-state index is 13.7. The Bertz CT molecular complexity index is 1140. The molecule has 4 rings (SSSR count). The van der Waals surface area contributed by atoms with Gasteiger partial charge in [0, 0.05) is 22.7 Å². The lowest BCUT2D eigenvalue weighted by atomic mass is 10.2. The molecule has 0 saturated heterocycles. The largest absolute Gasteiger partial charge is 0.497 e. The van der Waals surface area contributed by atoms with Gasteiger partial charge < -0.3 is 10.1 Å². The van der Waals surface area contributed by atoms with Crippen LogP contribution < -0.4 is 15.0 Å². The number of benzene rings is 2. The smallest absolute Gasteiger partial charge is 0.282 e. The number of nitrogens with one attached hydrogen (secondary N) is 1. The van der Waals surface area contributed by atoms with Crippen molar-refractivity contribution in [3.63, 3.8) is 0 Å². The Balaban J connectivity index is 1.79. The third-order valence-corrected chi connectivity index (χ3v) is 5.24. The Morgan fingerprint density at radius 1 is 0.966 bits per heavy atom. The number of halogens is 2. The van der Waals surface area contributed by atoms with E-state index < -0.39 is 23.4 Å². The average Bonchev–Trinajstić information content (AvgIpc) is 3.31. The number of ether oxygens (including phenoxy) is 1. The highest BCUT2D eigenvalue weighted by atomic mass is 32.1. The van der Waals surface area contributed by atoms with Gasteiger partial charge in [0.25, 0.3) is 11.8 Å². The molecule has 0 aliphatic carbocycles. The lowest BCUT2D eigenvalue weighted by Crippen LogP contribution is -2.32. The lowest BCUT2D eigenvalue weighted by Gasteiger charge is -2.15. The van der Waals surface area contributed by atoms with Gasteiger partial charge in [0.2, 0.25) is 0 Å². The van der Waals surface area contributed by atoms with Crippen LogP contribution in [0.4, 0.5) is 20.2 Å². The first-order valence-corrected chi connectivity index (χ1v) is 9.40. The van der Waals surface area contributed by atoms with Gasteiger partial charge in [-0.05, 0) is 35.7 Å². The molecule has 2 heterocycles. The number of thiophene rings is 1. The summed E-state index contributed by atoms with van der Waals surface area (Å²) in [5.41, 5.74) is 0.713. The average molecular weight is 412 g/mol. The highest BCUT2D eigenvalue weighted by molar-refractivity contribution is 7.11. The van der Waals surface area contributed by atoms with E-state index in [2.05, 4.69) is 5.32 Å². The molecule has 1 N–H and O–H groups in total. The highest BCUT2D eigenvalue weighted by Gasteiger charge is 2.41. The number of hydrogen-bond donors (Lipinski definition) is 1. The Labute approximate surface area is 168 Å². The first-order chi connectivity index (χ1) is 14.0. The van der Waals surface area contributed by atoms with E-state index in [9.17, 15) is 18.4 Å². The molecule has 0 spiro atoms. The Morgan fingerprint density at radius 3 is 2.48 bits per heavy atom. The lowest BCUT2D eigenvalue weighted by molar-refractivity contribution is -0.120. The number of hydrogen-bond acceptors (Lipinski definition) is 5. The summed E-state index contributed by atoms with van der Waals surface area (Å²) in [5, 5.41) is 4.77. The van der Waals surface area contributed by atoms with Crippen molar-refractivity contribution in [1.82, 2.24) is 0 Å². The maximum atomic E-state index is 13.7. The molecule has 146 valence electrons. The first-order valence-electron chi connectivity index (χ1n) is 8.52. The molecule has 5 nitrogen and oxygen atoms in total. The fourth-order valence-corrected chi connectivity index (χ4v) is 3.77. The molecule has 1 aromatic heterocycles. The van der Waals surface area contributed by atoms with Gasteiger partial charge in [-0.3, -0.25) is 9.59 Å². The van der Waals surface area contributed by atoms with Crippen molar-refractivity contribution in [2.45, 2.75) is 0 Å². The molecule has 0 unspecified atom stereocenters. The summed E-state index contributed by atoms with van der Waals surface area (Å²) in [6.07, 6.45) is 0. The zero-order chi connectivity index (χ0) is 20.5. The van der Waals surface area contributed by atoms with Crippen LogP contribution in [-0.4, -0.2) is 18.9 Å². The minimum Gasteiger partial charge on any atom is -0.497 e. The van der Waals surface area contributed by atoms with Gasteiger partial charge >= 0.3 is 0 Å². The molecule has 2 aromatic carbocycles. The SMILES string of the molecule is COc1cccc(NC2=C(c3cccs3)C(=O)N(c3ccc(F)c(F)c3)C2=O)c1. The molecule has 1 aliphatic heterocycles. The minimum absolute atomic E-state index is 0.0459. The number of carbonyl (C=O) groups excluding carboxylic acids is 2. The van der Waals surface area contributed by atoms with Gasteiger partial charge in [-0.15, -0.1) is 11.3 Å². The number of carbonyl (C=O) groups is 2. The van der Waals surface area contributed by atoms with Crippen molar-refractivity contribution in [2.75, 3.05) is 17.3 Å². The van der Waals surface area contributed by atoms with Crippen molar-refractivity contribution < 1.29 is 23.1 Å². The van der Waals surface area contributed by atoms with Crippen LogP contribution in [0.2, 0.25) is 0 Å². The summed E-state index contributed by atoms with van der Waals surface area (Å²) in [5.74, 6) is -2.91. The normalized spacial score (nSPS) is 14.0. The van der Waals surface area contributed by atoms with E-state index in [4.69, 9.17) is 4.74 Å². The molecule has 0 bridgehead atoms. The zero-order valence-electron chi connectivity index (χ0n) is 15.1. The summed E-state index contributed by atoms with van der Waals surface area (Å²) in [4.78, 5) is 27.6. The van der Waals surface area contributed by atoms with E-state index >= 15 is 0 Å². The van der Waals surface area contributed by atoms with E-state index in [1.807, 2.05) is 0 Å². The molecule has 3 aromatic rings. The minimum atomic E-state index is -1.14. The summed E-state index contributed by atoms with van der Waals surface area (Å²) in [6.45, 7) is 0. The number of rotatable bonds is 5. The molecule has 29 heavy (non-hydrogen) atoms. The van der Waals surface area contributed by atoms with Crippen LogP contribution in [0, 0.1) is 11.6 Å². The van der Waals surface area contributed by atoms with E-state index in [1.165, 1.54) is 24.5 Å². The van der Waals surface area contributed by atoms with Gasteiger partial charge in [-0.1, -0.05) is 12.1 Å². The monoisotopic (exact) mass is 412 g/mol. The third-order valence-electron chi connectivity index (χ3n) is 4.35. The second-order valence-corrected chi connectivity index (χ2v) is 7.08. The second kappa shape index (κ2) is 7.48. The molecule has 0 saturated carbocycles. The maximum Gasteiger partial charge on any atom is 0.282 e. The van der Waals surface area contributed by atoms with Gasteiger partial charge in [-0.25, -0.2) is 13.7 Å². The summed E-state index contributed by atoms with van der Waals surface area (Å²) in [6, 6.07) is 13.2. The highest BCUT2D eigenvalue weighted by Crippen LogP contribution is 2.36. The van der Waals surface area contributed by atoms with Crippen molar-refractivity contribution in [1.29, 1.82) is 0 Å². The molecule has 0 fully saturated rings. The fourth-order valence-electron chi connectivity index (χ4n) is 3.00. The van der Waals surface area contributed by atoms with E-state index in [0.29, 0.717) is 16.3 Å². The Hall–Kier alpha value is -3.52. The molecule has 2 amide bonds. The fraction of sp³-hybridized carbons (Fsp3) is 0.0476. The van der Waals surface area contributed by atoms with E-state index in [1.54, 1.807) is 41.8 Å². The van der Waals surface area contributed by atoms with Crippen LogP contribution >= 0.6 is 11.3 Å². The number of imide groups is 1. The Kier molecular flexibility index (Phi) is 4.85. The summed E-state index contributed by atoms with van der Waals surface area (Å²) in [7, 11) is 1.52. The van der Waals surface area contributed by atoms with Gasteiger partial charge in [0.15, 0.2) is 11.6 Å². The van der Waals surface area contributed by atoms with Crippen LogP contribution in [0.3, 0.4) is 0 Å². The quantitative estimate of drug-likeness (QED) is 0.630. The van der Waals surface area contributed by atoms with Crippen LogP contribution in [0.1, 0.15) is 4.88 Å². The van der Waals surface area contributed by atoms with Crippen LogP contribution in [0.25, 0.3) is 5.57 Å². The number of nitrogens with zero attached hydrogens (tertiary/aromatic N) is 1. The molecule has 0 atom stereocenters.